The molecule has 3 N–H and O–H groups in total. The molecule has 0 amide bonds. The standard InChI is InChI=1S/C24H32ClN3O2S.2ClH/c1-2-16-31(29,30)28-15-14-26-21-9-4-18-10-13-27-23(22(18)17-21)24(11-3-12-24)19-5-7-20(25)8-6-19;;/h4-9,17,23,26-28H,2-3,10-16H2,1H3;2*1H. The van der Waals surface area contributed by atoms with Gasteiger partial charge in [-0.05, 0) is 73.2 Å². The van der Waals surface area contributed by atoms with Crippen LogP contribution < -0.4 is 15.4 Å². The first-order chi connectivity index (χ1) is 14.9. The lowest BCUT2D eigenvalue weighted by Gasteiger charge is -2.50. The smallest absolute Gasteiger partial charge is 0.211 e. The van der Waals surface area contributed by atoms with Crippen molar-refractivity contribution in [3.63, 3.8) is 0 Å². The number of rotatable bonds is 9. The van der Waals surface area contributed by atoms with Crippen LogP contribution >= 0.6 is 36.4 Å². The Labute approximate surface area is 215 Å². The number of halogens is 3. The fraction of sp³-hybridized carbons (Fsp3) is 0.500. The van der Waals surface area contributed by atoms with E-state index < -0.39 is 10.0 Å². The summed E-state index contributed by atoms with van der Waals surface area (Å²) in [5.74, 6) is 0.173. The summed E-state index contributed by atoms with van der Waals surface area (Å²) < 4.78 is 26.3. The van der Waals surface area contributed by atoms with E-state index in [1.54, 1.807) is 0 Å². The zero-order valence-electron chi connectivity index (χ0n) is 18.9. The summed E-state index contributed by atoms with van der Waals surface area (Å²) in [5.41, 5.74) is 5.26. The molecule has 1 saturated carbocycles. The molecule has 1 aliphatic heterocycles. The van der Waals surface area contributed by atoms with Gasteiger partial charge in [-0.25, -0.2) is 13.1 Å². The first-order valence-corrected chi connectivity index (χ1v) is 13.3. The van der Waals surface area contributed by atoms with Gasteiger partial charge in [-0.3, -0.25) is 0 Å². The first-order valence-electron chi connectivity index (χ1n) is 11.3. The molecule has 1 heterocycles. The van der Waals surface area contributed by atoms with E-state index in [9.17, 15) is 8.42 Å². The highest BCUT2D eigenvalue weighted by Gasteiger charge is 2.47. The monoisotopic (exact) mass is 533 g/mol. The molecule has 1 aliphatic carbocycles. The van der Waals surface area contributed by atoms with Gasteiger partial charge < -0.3 is 10.6 Å². The Hall–Kier alpha value is -1.02. The van der Waals surface area contributed by atoms with Crippen molar-refractivity contribution >= 4 is 52.1 Å². The van der Waals surface area contributed by atoms with E-state index >= 15 is 0 Å². The maximum atomic E-state index is 11.8. The fourth-order valence-electron chi connectivity index (χ4n) is 4.99. The molecule has 1 unspecified atom stereocenters. The second kappa shape index (κ2) is 12.1. The third kappa shape index (κ3) is 6.36. The zero-order valence-corrected chi connectivity index (χ0v) is 22.1. The van der Waals surface area contributed by atoms with Gasteiger partial charge in [0.2, 0.25) is 10.0 Å². The van der Waals surface area contributed by atoms with Crippen LogP contribution in [0, 0.1) is 0 Å². The van der Waals surface area contributed by atoms with Crippen LogP contribution in [0.1, 0.15) is 55.3 Å². The molecule has 0 saturated heterocycles. The molecule has 1 fully saturated rings. The van der Waals surface area contributed by atoms with E-state index in [4.69, 9.17) is 11.6 Å². The average molecular weight is 535 g/mol. The van der Waals surface area contributed by atoms with E-state index in [1.165, 1.54) is 36.0 Å². The van der Waals surface area contributed by atoms with Gasteiger partial charge in [0.25, 0.3) is 0 Å². The molecule has 184 valence electrons. The van der Waals surface area contributed by atoms with Crippen molar-refractivity contribution in [2.45, 2.75) is 50.5 Å². The summed E-state index contributed by atoms with van der Waals surface area (Å²) >= 11 is 6.15. The summed E-state index contributed by atoms with van der Waals surface area (Å²) in [5, 5.41) is 7.97. The van der Waals surface area contributed by atoms with Gasteiger partial charge in [0, 0.05) is 35.3 Å². The van der Waals surface area contributed by atoms with Crippen LogP contribution in [0.25, 0.3) is 0 Å². The van der Waals surface area contributed by atoms with E-state index in [0.717, 1.165) is 23.7 Å². The lowest BCUT2D eigenvalue weighted by Crippen LogP contribution is -2.49. The van der Waals surface area contributed by atoms with Crippen molar-refractivity contribution in [3.05, 3.63) is 64.2 Å². The van der Waals surface area contributed by atoms with Crippen molar-refractivity contribution in [1.82, 2.24) is 10.0 Å². The molecule has 4 rings (SSSR count). The van der Waals surface area contributed by atoms with Crippen molar-refractivity contribution in [3.8, 4) is 0 Å². The first kappa shape index (κ1) is 28.2. The highest BCUT2D eigenvalue weighted by Crippen LogP contribution is 2.53. The Balaban J connectivity index is 0.00000193. The predicted octanol–water partition coefficient (Wildman–Crippen LogP) is 5.23. The quantitative estimate of drug-likeness (QED) is 0.385. The molecule has 2 aromatic carbocycles. The van der Waals surface area contributed by atoms with Crippen LogP contribution in [0.5, 0.6) is 0 Å². The fourth-order valence-corrected chi connectivity index (χ4v) is 6.21. The third-order valence-corrected chi connectivity index (χ3v) is 8.51. The number of hydrogen-bond donors (Lipinski definition) is 3. The van der Waals surface area contributed by atoms with Crippen molar-refractivity contribution in [2.24, 2.45) is 0 Å². The minimum absolute atomic E-state index is 0. The van der Waals surface area contributed by atoms with Crippen molar-refractivity contribution in [2.75, 3.05) is 30.7 Å². The second-order valence-corrected chi connectivity index (χ2v) is 11.1. The van der Waals surface area contributed by atoms with Gasteiger partial charge in [-0.1, -0.05) is 43.1 Å². The SMILES string of the molecule is CCCS(=O)(=O)NCCNc1ccc2c(c1)C(C1(c3ccc(Cl)cc3)CCC1)NCC2.Cl.Cl. The average Bonchev–Trinajstić information content (AvgIpc) is 2.72. The predicted molar refractivity (Wildman–Crippen MR) is 143 cm³/mol. The largest absolute Gasteiger partial charge is 0.384 e. The number of nitrogens with one attached hydrogen (secondary N) is 3. The van der Waals surface area contributed by atoms with Crippen LogP contribution in [0.2, 0.25) is 5.02 Å². The highest BCUT2D eigenvalue weighted by molar-refractivity contribution is 7.89. The summed E-state index contributed by atoms with van der Waals surface area (Å²) in [6.07, 6.45) is 5.23. The Kier molecular flexibility index (Phi) is 10.3. The second-order valence-electron chi connectivity index (χ2n) is 8.71. The maximum absolute atomic E-state index is 11.8. The van der Waals surface area contributed by atoms with Gasteiger partial charge in [0.15, 0.2) is 0 Å². The molecule has 33 heavy (non-hydrogen) atoms. The van der Waals surface area contributed by atoms with Gasteiger partial charge in [0.05, 0.1) is 5.75 Å². The molecule has 0 bridgehead atoms. The Morgan fingerprint density at radius 1 is 1.09 bits per heavy atom. The van der Waals surface area contributed by atoms with Crippen molar-refractivity contribution < 1.29 is 8.42 Å². The normalized spacial score (nSPS) is 18.8. The molecule has 0 radical (unpaired) electrons. The maximum Gasteiger partial charge on any atom is 0.211 e. The molecule has 2 aromatic rings. The number of fused-ring (bicyclic) bond motifs is 1. The number of hydrogen-bond acceptors (Lipinski definition) is 4. The lowest BCUT2D eigenvalue weighted by molar-refractivity contribution is 0.164. The van der Waals surface area contributed by atoms with E-state index in [2.05, 4.69) is 45.7 Å². The lowest BCUT2D eigenvalue weighted by atomic mass is 9.58. The van der Waals surface area contributed by atoms with Gasteiger partial charge in [-0.2, -0.15) is 0 Å². The Morgan fingerprint density at radius 3 is 2.45 bits per heavy atom. The summed E-state index contributed by atoms with van der Waals surface area (Å²) in [6.45, 7) is 3.80. The number of anilines is 1. The van der Waals surface area contributed by atoms with E-state index in [0.29, 0.717) is 19.5 Å². The highest BCUT2D eigenvalue weighted by atomic mass is 35.5. The van der Waals surface area contributed by atoms with E-state index in [1.807, 2.05) is 19.1 Å². The number of benzene rings is 2. The molecule has 9 heteroatoms. The molecule has 2 aliphatic rings. The molecular formula is C24H34Cl3N3O2S. The third-order valence-electron chi connectivity index (χ3n) is 6.67. The minimum Gasteiger partial charge on any atom is -0.384 e. The van der Waals surface area contributed by atoms with Crippen LogP contribution in [0.3, 0.4) is 0 Å². The Bertz CT molecular complexity index is 1010. The molecule has 5 nitrogen and oxygen atoms in total. The molecule has 1 atom stereocenters. The minimum atomic E-state index is -3.17. The summed E-state index contributed by atoms with van der Waals surface area (Å²) in [4.78, 5) is 0. The van der Waals surface area contributed by atoms with Gasteiger partial charge >= 0.3 is 0 Å². The molecule has 0 aromatic heterocycles. The molecular weight excluding hydrogens is 501 g/mol. The summed E-state index contributed by atoms with van der Waals surface area (Å²) in [7, 11) is -3.17. The van der Waals surface area contributed by atoms with Crippen LogP contribution in [0.15, 0.2) is 42.5 Å². The summed E-state index contributed by atoms with van der Waals surface area (Å²) in [6, 6.07) is 15.2. The Morgan fingerprint density at radius 2 is 1.82 bits per heavy atom. The molecule has 0 spiro atoms. The van der Waals surface area contributed by atoms with Crippen LogP contribution in [-0.2, 0) is 21.9 Å². The van der Waals surface area contributed by atoms with Crippen LogP contribution in [0.4, 0.5) is 5.69 Å². The number of sulfonamides is 1. The zero-order chi connectivity index (χ0) is 21.9. The van der Waals surface area contributed by atoms with E-state index in [-0.39, 0.29) is 42.0 Å². The topological polar surface area (TPSA) is 70.2 Å². The van der Waals surface area contributed by atoms with Crippen LogP contribution in [-0.4, -0.2) is 33.8 Å². The van der Waals surface area contributed by atoms with Gasteiger partial charge in [-0.15, -0.1) is 24.8 Å². The van der Waals surface area contributed by atoms with Crippen molar-refractivity contribution in [1.29, 1.82) is 0 Å². The van der Waals surface area contributed by atoms with Gasteiger partial charge in [0.1, 0.15) is 0 Å².